The summed E-state index contributed by atoms with van der Waals surface area (Å²) in [6, 6.07) is 0. The lowest BCUT2D eigenvalue weighted by Crippen LogP contribution is -2.47. The number of piperazine rings is 1. The van der Waals surface area contributed by atoms with Crippen molar-refractivity contribution < 1.29 is 4.79 Å². The molecule has 0 bridgehead atoms. The van der Waals surface area contributed by atoms with Crippen molar-refractivity contribution in [3.05, 3.63) is 0 Å². The number of rotatable bonds is 7. The summed E-state index contributed by atoms with van der Waals surface area (Å²) in [5.41, 5.74) is 0. The number of likely N-dealkylation sites (N-methyl/N-ethyl adjacent to an activating group) is 1. The molecule has 18 heavy (non-hydrogen) atoms. The standard InChI is InChI=1S/C15H30N2O/c1-4-5-6-7-8-14(2)13-15(18)17-11-9-16(3)10-12-17/h14H,4-13H2,1-3H3. The van der Waals surface area contributed by atoms with Gasteiger partial charge in [0.1, 0.15) is 0 Å². The van der Waals surface area contributed by atoms with Crippen molar-refractivity contribution in [2.75, 3.05) is 33.2 Å². The maximum absolute atomic E-state index is 12.1. The first-order valence-electron chi connectivity index (χ1n) is 7.59. The van der Waals surface area contributed by atoms with Gasteiger partial charge in [0.05, 0.1) is 0 Å². The Morgan fingerprint density at radius 1 is 1.11 bits per heavy atom. The molecule has 3 heteroatoms. The van der Waals surface area contributed by atoms with E-state index in [1.807, 2.05) is 4.90 Å². The molecule has 1 heterocycles. The first-order chi connectivity index (χ1) is 8.63. The fourth-order valence-electron chi connectivity index (χ4n) is 2.50. The predicted molar refractivity (Wildman–Crippen MR) is 76.6 cm³/mol. The SMILES string of the molecule is CCCCCCC(C)CC(=O)N1CCN(C)CC1. The Kier molecular flexibility index (Phi) is 7.33. The Balaban J connectivity index is 2.14. The van der Waals surface area contributed by atoms with E-state index in [0.29, 0.717) is 11.8 Å². The van der Waals surface area contributed by atoms with E-state index in [1.54, 1.807) is 0 Å². The van der Waals surface area contributed by atoms with Crippen molar-refractivity contribution in [1.82, 2.24) is 9.80 Å². The lowest BCUT2D eigenvalue weighted by molar-refractivity contribution is -0.133. The molecular formula is C15H30N2O. The van der Waals surface area contributed by atoms with Gasteiger partial charge in [-0.2, -0.15) is 0 Å². The van der Waals surface area contributed by atoms with Crippen LogP contribution in [0.1, 0.15) is 52.4 Å². The minimum absolute atomic E-state index is 0.367. The zero-order chi connectivity index (χ0) is 13.4. The van der Waals surface area contributed by atoms with Crippen LogP contribution in [-0.2, 0) is 4.79 Å². The molecular weight excluding hydrogens is 224 g/mol. The van der Waals surface area contributed by atoms with Gasteiger partial charge in [0, 0.05) is 32.6 Å². The molecule has 106 valence electrons. The molecule has 1 saturated heterocycles. The normalized spacial score (nSPS) is 18.9. The Labute approximate surface area is 113 Å². The zero-order valence-corrected chi connectivity index (χ0v) is 12.5. The van der Waals surface area contributed by atoms with Crippen molar-refractivity contribution in [2.24, 2.45) is 5.92 Å². The molecule has 1 rings (SSSR count). The minimum Gasteiger partial charge on any atom is -0.340 e. The third-order valence-electron chi connectivity index (χ3n) is 3.93. The third kappa shape index (κ3) is 5.85. The molecule has 0 aromatic carbocycles. The highest BCUT2D eigenvalue weighted by molar-refractivity contribution is 5.76. The maximum Gasteiger partial charge on any atom is 0.222 e. The molecule has 0 spiro atoms. The summed E-state index contributed by atoms with van der Waals surface area (Å²) < 4.78 is 0. The molecule has 0 aromatic rings. The highest BCUT2D eigenvalue weighted by atomic mass is 16.2. The van der Waals surface area contributed by atoms with E-state index in [-0.39, 0.29) is 0 Å². The largest absolute Gasteiger partial charge is 0.340 e. The van der Waals surface area contributed by atoms with Crippen LogP contribution in [0.15, 0.2) is 0 Å². The Hall–Kier alpha value is -0.570. The summed E-state index contributed by atoms with van der Waals surface area (Å²) in [4.78, 5) is 16.4. The van der Waals surface area contributed by atoms with Crippen LogP contribution in [0.25, 0.3) is 0 Å². The number of unbranched alkanes of at least 4 members (excludes halogenated alkanes) is 3. The lowest BCUT2D eigenvalue weighted by Gasteiger charge is -2.33. The number of nitrogens with zero attached hydrogens (tertiary/aromatic N) is 2. The summed E-state index contributed by atoms with van der Waals surface area (Å²) in [5, 5.41) is 0. The predicted octanol–water partition coefficient (Wildman–Crippen LogP) is 2.76. The molecule has 3 nitrogen and oxygen atoms in total. The summed E-state index contributed by atoms with van der Waals surface area (Å²) in [6.45, 7) is 8.34. The average Bonchev–Trinajstić information content (AvgIpc) is 2.35. The molecule has 1 aliphatic heterocycles. The first kappa shape index (κ1) is 15.5. The van der Waals surface area contributed by atoms with Crippen molar-refractivity contribution in [3.8, 4) is 0 Å². The Morgan fingerprint density at radius 3 is 2.39 bits per heavy atom. The first-order valence-corrected chi connectivity index (χ1v) is 7.59. The Bertz CT molecular complexity index is 235. The van der Waals surface area contributed by atoms with E-state index in [2.05, 4.69) is 25.8 Å². The number of carbonyl (C=O) groups is 1. The van der Waals surface area contributed by atoms with Crippen LogP contribution in [0.5, 0.6) is 0 Å². The number of carbonyl (C=O) groups excluding carboxylic acids is 1. The summed E-state index contributed by atoms with van der Waals surface area (Å²) >= 11 is 0. The molecule has 0 aromatic heterocycles. The maximum atomic E-state index is 12.1. The lowest BCUT2D eigenvalue weighted by atomic mass is 9.98. The molecule has 0 aliphatic carbocycles. The van der Waals surface area contributed by atoms with Gasteiger partial charge < -0.3 is 9.80 Å². The second kappa shape index (κ2) is 8.52. The van der Waals surface area contributed by atoms with Crippen molar-refractivity contribution in [1.29, 1.82) is 0 Å². The molecule has 0 radical (unpaired) electrons. The molecule has 1 fully saturated rings. The fourth-order valence-corrected chi connectivity index (χ4v) is 2.50. The number of amides is 1. The van der Waals surface area contributed by atoms with Gasteiger partial charge in [0.25, 0.3) is 0 Å². The van der Waals surface area contributed by atoms with Gasteiger partial charge in [-0.05, 0) is 13.0 Å². The summed E-state index contributed by atoms with van der Waals surface area (Å²) in [5.74, 6) is 0.917. The summed E-state index contributed by atoms with van der Waals surface area (Å²) in [7, 11) is 2.12. The van der Waals surface area contributed by atoms with Crippen LogP contribution in [0.3, 0.4) is 0 Å². The van der Waals surface area contributed by atoms with E-state index >= 15 is 0 Å². The van der Waals surface area contributed by atoms with E-state index in [0.717, 1.165) is 32.6 Å². The van der Waals surface area contributed by atoms with Crippen LogP contribution in [0.2, 0.25) is 0 Å². The zero-order valence-electron chi connectivity index (χ0n) is 12.5. The Morgan fingerprint density at radius 2 is 1.78 bits per heavy atom. The molecule has 1 amide bonds. The van der Waals surface area contributed by atoms with Crippen molar-refractivity contribution in [2.45, 2.75) is 52.4 Å². The van der Waals surface area contributed by atoms with E-state index < -0.39 is 0 Å². The molecule has 1 unspecified atom stereocenters. The second-order valence-corrected chi connectivity index (χ2v) is 5.84. The van der Waals surface area contributed by atoms with Crippen LogP contribution < -0.4 is 0 Å². The van der Waals surface area contributed by atoms with Gasteiger partial charge in [0.15, 0.2) is 0 Å². The highest BCUT2D eigenvalue weighted by Crippen LogP contribution is 2.15. The molecule has 0 N–H and O–H groups in total. The van der Waals surface area contributed by atoms with Crippen molar-refractivity contribution in [3.63, 3.8) is 0 Å². The molecule has 1 atom stereocenters. The van der Waals surface area contributed by atoms with Crippen LogP contribution in [0.4, 0.5) is 0 Å². The number of hydrogen-bond acceptors (Lipinski definition) is 2. The molecule has 1 aliphatic rings. The smallest absolute Gasteiger partial charge is 0.222 e. The monoisotopic (exact) mass is 254 g/mol. The van der Waals surface area contributed by atoms with E-state index in [4.69, 9.17) is 0 Å². The van der Waals surface area contributed by atoms with Crippen molar-refractivity contribution >= 4 is 5.91 Å². The highest BCUT2D eigenvalue weighted by Gasteiger charge is 2.20. The van der Waals surface area contributed by atoms with Gasteiger partial charge >= 0.3 is 0 Å². The molecule has 0 saturated carbocycles. The van der Waals surface area contributed by atoms with Gasteiger partial charge in [-0.1, -0.05) is 46.0 Å². The van der Waals surface area contributed by atoms with Gasteiger partial charge in [0.2, 0.25) is 5.91 Å². The van der Waals surface area contributed by atoms with Gasteiger partial charge in [-0.15, -0.1) is 0 Å². The van der Waals surface area contributed by atoms with Crippen LogP contribution in [0, 0.1) is 5.92 Å². The van der Waals surface area contributed by atoms with Gasteiger partial charge in [-0.3, -0.25) is 4.79 Å². The minimum atomic E-state index is 0.367. The van der Waals surface area contributed by atoms with Gasteiger partial charge in [-0.25, -0.2) is 0 Å². The average molecular weight is 254 g/mol. The number of hydrogen-bond donors (Lipinski definition) is 0. The van der Waals surface area contributed by atoms with Crippen LogP contribution >= 0.6 is 0 Å². The summed E-state index contributed by atoms with van der Waals surface area (Å²) in [6.07, 6.45) is 7.18. The van der Waals surface area contributed by atoms with E-state index in [1.165, 1.54) is 32.1 Å². The van der Waals surface area contributed by atoms with E-state index in [9.17, 15) is 4.79 Å². The third-order valence-corrected chi connectivity index (χ3v) is 3.93. The fraction of sp³-hybridized carbons (Fsp3) is 0.933. The van der Waals surface area contributed by atoms with Crippen LogP contribution in [-0.4, -0.2) is 48.9 Å². The second-order valence-electron chi connectivity index (χ2n) is 5.84. The quantitative estimate of drug-likeness (QED) is 0.652. The topological polar surface area (TPSA) is 23.6 Å².